The molecule has 0 radical (unpaired) electrons. The number of carbonyl (C=O) groups excluding carboxylic acids is 2. The lowest BCUT2D eigenvalue weighted by atomic mass is 10.2. The molecule has 0 aromatic heterocycles. The molecule has 0 spiro atoms. The van der Waals surface area contributed by atoms with Crippen molar-refractivity contribution in [2.45, 2.75) is 20.0 Å². The maximum atomic E-state index is 12.2. The first-order chi connectivity index (χ1) is 10.3. The van der Waals surface area contributed by atoms with Gasteiger partial charge in [0.05, 0.1) is 18.8 Å². The van der Waals surface area contributed by atoms with E-state index in [-0.39, 0.29) is 11.2 Å². The Morgan fingerprint density at radius 2 is 1.95 bits per heavy atom. The highest BCUT2D eigenvalue weighted by molar-refractivity contribution is 9.10. The minimum absolute atomic E-state index is 0.0779. The number of amides is 2. The van der Waals surface area contributed by atoms with E-state index in [9.17, 15) is 9.59 Å². The van der Waals surface area contributed by atoms with Crippen molar-refractivity contribution in [3.63, 3.8) is 0 Å². The average molecular weight is 390 g/mol. The van der Waals surface area contributed by atoms with Gasteiger partial charge < -0.3 is 9.47 Å². The number of hydrazine groups is 1. The predicted molar refractivity (Wildman–Crippen MR) is 88.6 cm³/mol. The van der Waals surface area contributed by atoms with Crippen molar-refractivity contribution in [3.05, 3.63) is 28.2 Å². The molecular weight excluding hydrogens is 374 g/mol. The zero-order valence-corrected chi connectivity index (χ0v) is 14.6. The molecule has 1 aromatic carbocycles. The molecule has 3 N–H and O–H groups in total. The molecule has 0 saturated carbocycles. The number of nitrogens with one attached hydrogen (secondary N) is 3. The molecule has 2 amide bonds. The molecule has 1 rings (SSSR count). The van der Waals surface area contributed by atoms with Crippen LogP contribution in [0.5, 0.6) is 5.75 Å². The van der Waals surface area contributed by atoms with Crippen molar-refractivity contribution in [1.82, 2.24) is 16.2 Å². The van der Waals surface area contributed by atoms with E-state index >= 15 is 0 Å². The van der Waals surface area contributed by atoms with Gasteiger partial charge in [0, 0.05) is 4.47 Å². The Kier molecular flexibility index (Phi) is 7.06. The predicted octanol–water partition coefficient (Wildman–Crippen LogP) is 2.11. The smallest absolute Gasteiger partial charge is 0.425 e. The van der Waals surface area contributed by atoms with Crippen molar-refractivity contribution < 1.29 is 19.1 Å². The first-order valence-corrected chi connectivity index (χ1v) is 7.45. The molecule has 7 nitrogen and oxygen atoms in total. The second-order valence-corrected chi connectivity index (χ2v) is 5.66. The summed E-state index contributed by atoms with van der Waals surface area (Å²) in [4.78, 5) is 23.1. The van der Waals surface area contributed by atoms with Gasteiger partial charge in [-0.1, -0.05) is 15.9 Å². The Hall–Kier alpha value is -1.87. The van der Waals surface area contributed by atoms with Crippen LogP contribution in [0.2, 0.25) is 0 Å². The van der Waals surface area contributed by atoms with Crippen LogP contribution in [0, 0.1) is 0 Å². The van der Waals surface area contributed by atoms with Gasteiger partial charge in [-0.3, -0.25) is 15.5 Å². The van der Waals surface area contributed by atoms with Crippen molar-refractivity contribution in [1.29, 1.82) is 0 Å². The van der Waals surface area contributed by atoms with E-state index in [1.54, 1.807) is 18.2 Å². The average Bonchev–Trinajstić information content (AvgIpc) is 2.46. The number of hydrogen-bond donors (Lipinski definition) is 3. The Balaban J connectivity index is 2.77. The summed E-state index contributed by atoms with van der Waals surface area (Å²) in [6.07, 6.45) is -0.818. The molecule has 0 unspecified atom stereocenters. The summed E-state index contributed by atoms with van der Waals surface area (Å²) in [6, 6.07) is 5.06. The van der Waals surface area contributed by atoms with Crippen LogP contribution in [0.3, 0.4) is 0 Å². The third-order valence-corrected chi connectivity index (χ3v) is 2.94. The van der Waals surface area contributed by atoms with Crippen molar-refractivity contribution in [3.8, 4) is 5.75 Å². The summed E-state index contributed by atoms with van der Waals surface area (Å²) in [5.74, 6) is -0.0412. The summed E-state index contributed by atoms with van der Waals surface area (Å²) in [6.45, 7) is 3.71. The molecule has 0 heterocycles. The Morgan fingerprint density at radius 3 is 2.55 bits per heavy atom. The molecule has 0 aliphatic heterocycles. The lowest BCUT2D eigenvalue weighted by Crippen LogP contribution is -2.48. The maximum Gasteiger partial charge on any atom is 0.425 e. The van der Waals surface area contributed by atoms with Gasteiger partial charge in [0.15, 0.2) is 5.11 Å². The normalized spacial score (nSPS) is 9.86. The Morgan fingerprint density at radius 1 is 1.27 bits per heavy atom. The molecule has 0 fully saturated rings. The van der Waals surface area contributed by atoms with E-state index in [4.69, 9.17) is 17.0 Å². The fourth-order valence-electron chi connectivity index (χ4n) is 1.40. The molecule has 0 saturated heterocycles. The van der Waals surface area contributed by atoms with Crippen LogP contribution in [0.1, 0.15) is 24.2 Å². The third kappa shape index (κ3) is 5.86. The van der Waals surface area contributed by atoms with Gasteiger partial charge in [-0.15, -0.1) is 0 Å². The fourth-order valence-corrected chi connectivity index (χ4v) is 1.90. The van der Waals surface area contributed by atoms with Gasteiger partial charge in [0.1, 0.15) is 5.75 Å². The fraction of sp³-hybridized carbons (Fsp3) is 0.308. The minimum Gasteiger partial charge on any atom is -0.490 e. The molecule has 0 aliphatic rings. The van der Waals surface area contributed by atoms with Gasteiger partial charge in [-0.05, 0) is 44.3 Å². The monoisotopic (exact) mass is 389 g/mol. The largest absolute Gasteiger partial charge is 0.490 e. The van der Waals surface area contributed by atoms with Crippen LogP contribution in [0.15, 0.2) is 22.7 Å². The number of rotatable bonds is 3. The lowest BCUT2D eigenvalue weighted by Gasteiger charge is -2.15. The topological polar surface area (TPSA) is 88.7 Å². The van der Waals surface area contributed by atoms with E-state index in [0.717, 1.165) is 4.47 Å². The zero-order chi connectivity index (χ0) is 16.7. The summed E-state index contributed by atoms with van der Waals surface area (Å²) in [5.41, 5.74) is 4.78. The van der Waals surface area contributed by atoms with E-state index in [2.05, 4.69) is 36.8 Å². The standard InChI is InChI=1S/C13H16BrN3O4S/c1-7(2)21-10-5-4-8(14)6-9(10)11(18)15-12(22)16-17-13(19)20-3/h4-7H,1-3H3,(H,17,19)(H2,15,16,18,22). The highest BCUT2D eigenvalue weighted by Crippen LogP contribution is 2.24. The molecule has 9 heteroatoms. The number of thiocarbonyl (C=S) groups is 1. The maximum absolute atomic E-state index is 12.2. The summed E-state index contributed by atoms with van der Waals surface area (Å²) < 4.78 is 10.7. The van der Waals surface area contributed by atoms with E-state index in [1.165, 1.54) is 7.11 Å². The van der Waals surface area contributed by atoms with E-state index in [0.29, 0.717) is 11.3 Å². The van der Waals surface area contributed by atoms with Crippen LogP contribution in [-0.2, 0) is 4.74 Å². The summed E-state index contributed by atoms with van der Waals surface area (Å²) >= 11 is 8.19. The first-order valence-electron chi connectivity index (χ1n) is 6.25. The van der Waals surface area contributed by atoms with Crippen LogP contribution in [0.25, 0.3) is 0 Å². The molecular formula is C13H16BrN3O4S. The van der Waals surface area contributed by atoms with Gasteiger partial charge >= 0.3 is 6.09 Å². The third-order valence-electron chi connectivity index (χ3n) is 2.24. The highest BCUT2D eigenvalue weighted by Gasteiger charge is 2.15. The molecule has 0 aliphatic carbocycles. The second-order valence-electron chi connectivity index (χ2n) is 4.33. The number of carbonyl (C=O) groups is 2. The molecule has 0 bridgehead atoms. The summed E-state index contributed by atoms with van der Waals surface area (Å²) in [7, 11) is 1.20. The second kappa shape index (κ2) is 8.54. The van der Waals surface area contributed by atoms with Crippen molar-refractivity contribution >= 4 is 45.3 Å². The summed E-state index contributed by atoms with van der Waals surface area (Å²) in [5, 5.41) is 2.35. The van der Waals surface area contributed by atoms with E-state index in [1.807, 2.05) is 13.8 Å². The van der Waals surface area contributed by atoms with Crippen molar-refractivity contribution in [2.75, 3.05) is 7.11 Å². The van der Waals surface area contributed by atoms with Gasteiger partial charge in [-0.25, -0.2) is 10.2 Å². The number of benzene rings is 1. The minimum atomic E-state index is -0.733. The van der Waals surface area contributed by atoms with Crippen LogP contribution in [0.4, 0.5) is 4.79 Å². The van der Waals surface area contributed by atoms with Gasteiger partial charge in [0.25, 0.3) is 5.91 Å². The van der Waals surface area contributed by atoms with Gasteiger partial charge in [0.2, 0.25) is 0 Å². The van der Waals surface area contributed by atoms with Gasteiger partial charge in [-0.2, -0.15) is 0 Å². The lowest BCUT2D eigenvalue weighted by molar-refractivity contribution is 0.0970. The Bertz CT molecular complexity index is 580. The highest BCUT2D eigenvalue weighted by atomic mass is 79.9. The molecule has 1 aromatic rings. The number of hydrogen-bond acceptors (Lipinski definition) is 5. The van der Waals surface area contributed by atoms with E-state index < -0.39 is 12.0 Å². The molecule has 22 heavy (non-hydrogen) atoms. The molecule has 0 atom stereocenters. The van der Waals surface area contributed by atoms with Crippen LogP contribution in [-0.4, -0.2) is 30.3 Å². The quantitative estimate of drug-likeness (QED) is 0.541. The van der Waals surface area contributed by atoms with Crippen molar-refractivity contribution in [2.24, 2.45) is 0 Å². The number of halogens is 1. The SMILES string of the molecule is COC(=O)NNC(=S)NC(=O)c1cc(Br)ccc1OC(C)C. The Labute approximate surface area is 141 Å². The number of methoxy groups -OCH3 is 1. The molecule has 120 valence electrons. The van der Waals surface area contributed by atoms with Crippen LogP contribution < -0.4 is 20.9 Å². The zero-order valence-electron chi connectivity index (χ0n) is 12.2. The number of ether oxygens (including phenoxy) is 2. The first kappa shape index (κ1) is 18.2. The van der Waals surface area contributed by atoms with Crippen LogP contribution >= 0.6 is 28.1 Å².